The fraction of sp³-hybridized carbons (Fsp3) is 0.267. The summed E-state index contributed by atoms with van der Waals surface area (Å²) in [6, 6.07) is 7.41. The number of halogens is 1. The number of nitrogen functional groups attached to an aromatic ring is 1. The van der Waals surface area contributed by atoms with Crippen molar-refractivity contribution < 1.29 is 13.6 Å². The lowest BCUT2D eigenvalue weighted by molar-refractivity contribution is 0.0938. The van der Waals surface area contributed by atoms with Crippen LogP contribution in [0.2, 0.25) is 0 Å². The van der Waals surface area contributed by atoms with Gasteiger partial charge in [-0.1, -0.05) is 0 Å². The van der Waals surface area contributed by atoms with Gasteiger partial charge in [0, 0.05) is 18.2 Å². The van der Waals surface area contributed by atoms with Crippen molar-refractivity contribution in [2.75, 3.05) is 5.73 Å². The number of nitrogens with two attached hydrogens (primary N) is 1. The van der Waals surface area contributed by atoms with Gasteiger partial charge in [-0.05, 0) is 43.7 Å². The Labute approximate surface area is 116 Å². The molecule has 0 aliphatic heterocycles. The monoisotopic (exact) mass is 276 g/mol. The Balaban J connectivity index is 1.91. The minimum absolute atomic E-state index is 0.0599. The summed E-state index contributed by atoms with van der Waals surface area (Å²) in [7, 11) is 0. The van der Waals surface area contributed by atoms with Crippen LogP contribution in [0.3, 0.4) is 0 Å². The minimum atomic E-state index is -0.479. The van der Waals surface area contributed by atoms with Crippen molar-refractivity contribution in [3.63, 3.8) is 0 Å². The quantitative estimate of drug-likeness (QED) is 0.825. The van der Waals surface area contributed by atoms with E-state index in [1.807, 2.05) is 19.1 Å². The Morgan fingerprint density at radius 1 is 1.45 bits per heavy atom. The molecular formula is C15H17FN2O2. The Bertz CT molecular complexity index is 582. The molecule has 2 rings (SSSR count). The molecule has 0 spiro atoms. The first-order chi connectivity index (χ1) is 9.56. The van der Waals surface area contributed by atoms with Crippen LogP contribution in [0.4, 0.5) is 10.1 Å². The van der Waals surface area contributed by atoms with Crippen LogP contribution in [0, 0.1) is 5.82 Å². The van der Waals surface area contributed by atoms with E-state index in [4.69, 9.17) is 10.2 Å². The zero-order valence-electron chi connectivity index (χ0n) is 11.2. The van der Waals surface area contributed by atoms with Gasteiger partial charge in [-0.25, -0.2) is 4.39 Å². The van der Waals surface area contributed by atoms with E-state index in [2.05, 4.69) is 5.32 Å². The second-order valence-corrected chi connectivity index (χ2v) is 4.72. The smallest absolute Gasteiger partial charge is 0.253 e. The van der Waals surface area contributed by atoms with Crippen molar-refractivity contribution in [1.29, 1.82) is 0 Å². The van der Waals surface area contributed by atoms with Crippen molar-refractivity contribution in [3.8, 4) is 0 Å². The maximum Gasteiger partial charge on any atom is 0.253 e. The molecule has 20 heavy (non-hydrogen) atoms. The maximum absolute atomic E-state index is 13.1. The van der Waals surface area contributed by atoms with Crippen molar-refractivity contribution in [2.45, 2.75) is 25.8 Å². The highest BCUT2D eigenvalue weighted by Crippen LogP contribution is 2.14. The van der Waals surface area contributed by atoms with Crippen LogP contribution in [-0.4, -0.2) is 11.9 Å². The number of carbonyl (C=O) groups is 1. The van der Waals surface area contributed by atoms with Gasteiger partial charge >= 0.3 is 0 Å². The highest BCUT2D eigenvalue weighted by molar-refractivity contribution is 5.99. The maximum atomic E-state index is 13.1. The average Bonchev–Trinajstić information content (AvgIpc) is 2.92. The molecule has 4 nitrogen and oxygen atoms in total. The molecule has 1 atom stereocenters. The van der Waals surface area contributed by atoms with Crippen LogP contribution in [-0.2, 0) is 6.42 Å². The number of furan rings is 1. The molecule has 0 bridgehead atoms. The Hall–Kier alpha value is -2.30. The van der Waals surface area contributed by atoms with Gasteiger partial charge in [0.25, 0.3) is 5.91 Å². The van der Waals surface area contributed by atoms with E-state index in [0.29, 0.717) is 0 Å². The third-order valence-corrected chi connectivity index (χ3v) is 3.04. The van der Waals surface area contributed by atoms with Gasteiger partial charge in [0.2, 0.25) is 0 Å². The SMILES string of the molecule is CC(CCc1ccco1)NC(=O)c1cc(F)ccc1N. The topological polar surface area (TPSA) is 68.3 Å². The van der Waals surface area contributed by atoms with Gasteiger partial charge in [0.1, 0.15) is 11.6 Å². The fourth-order valence-electron chi connectivity index (χ4n) is 1.91. The van der Waals surface area contributed by atoms with E-state index >= 15 is 0 Å². The van der Waals surface area contributed by atoms with Crippen molar-refractivity contribution in [2.24, 2.45) is 0 Å². The molecule has 1 unspecified atom stereocenters. The number of benzene rings is 1. The zero-order chi connectivity index (χ0) is 14.5. The number of hydrogen-bond acceptors (Lipinski definition) is 3. The summed E-state index contributed by atoms with van der Waals surface area (Å²) < 4.78 is 18.4. The third kappa shape index (κ3) is 3.60. The minimum Gasteiger partial charge on any atom is -0.469 e. The molecule has 2 aromatic rings. The van der Waals surface area contributed by atoms with Crippen LogP contribution in [0.25, 0.3) is 0 Å². The molecule has 0 fully saturated rings. The highest BCUT2D eigenvalue weighted by atomic mass is 19.1. The second kappa shape index (κ2) is 6.23. The molecule has 0 saturated carbocycles. The van der Waals surface area contributed by atoms with E-state index in [-0.39, 0.29) is 23.2 Å². The molecule has 1 amide bonds. The lowest BCUT2D eigenvalue weighted by atomic mass is 10.1. The summed E-state index contributed by atoms with van der Waals surface area (Å²) in [5.41, 5.74) is 6.10. The second-order valence-electron chi connectivity index (χ2n) is 4.72. The number of rotatable bonds is 5. The van der Waals surface area contributed by atoms with Gasteiger partial charge < -0.3 is 15.5 Å². The van der Waals surface area contributed by atoms with Gasteiger partial charge in [-0.15, -0.1) is 0 Å². The van der Waals surface area contributed by atoms with E-state index in [9.17, 15) is 9.18 Å². The highest BCUT2D eigenvalue weighted by Gasteiger charge is 2.13. The van der Waals surface area contributed by atoms with Crippen LogP contribution in [0.1, 0.15) is 29.5 Å². The Kier molecular flexibility index (Phi) is 4.40. The van der Waals surface area contributed by atoms with Crippen molar-refractivity contribution >= 4 is 11.6 Å². The number of nitrogens with one attached hydrogen (secondary N) is 1. The summed E-state index contributed by atoms with van der Waals surface area (Å²) in [6.45, 7) is 1.89. The molecule has 1 aromatic carbocycles. The molecule has 3 N–H and O–H groups in total. The number of carbonyl (C=O) groups excluding carboxylic acids is 1. The standard InChI is InChI=1S/C15H17FN2O2/c1-10(4-6-12-3-2-8-20-12)18-15(19)13-9-11(16)5-7-14(13)17/h2-3,5,7-10H,4,6,17H2,1H3,(H,18,19). The first kappa shape index (κ1) is 14.1. The largest absolute Gasteiger partial charge is 0.469 e. The average molecular weight is 276 g/mol. The Morgan fingerprint density at radius 2 is 2.25 bits per heavy atom. The number of anilines is 1. The van der Waals surface area contributed by atoms with E-state index in [1.54, 1.807) is 6.26 Å². The van der Waals surface area contributed by atoms with Crippen LogP contribution in [0.15, 0.2) is 41.0 Å². The zero-order valence-corrected chi connectivity index (χ0v) is 11.2. The van der Waals surface area contributed by atoms with Crippen molar-refractivity contribution in [1.82, 2.24) is 5.32 Å². The fourth-order valence-corrected chi connectivity index (χ4v) is 1.91. The summed E-state index contributed by atoms with van der Waals surface area (Å²) in [5.74, 6) is 0.0258. The third-order valence-electron chi connectivity index (χ3n) is 3.04. The molecule has 1 heterocycles. The lowest BCUT2D eigenvalue weighted by Crippen LogP contribution is -2.33. The molecule has 0 aliphatic rings. The molecule has 5 heteroatoms. The predicted molar refractivity (Wildman–Crippen MR) is 74.8 cm³/mol. The van der Waals surface area contributed by atoms with Gasteiger partial charge in [0.15, 0.2) is 0 Å². The summed E-state index contributed by atoms with van der Waals surface area (Å²) in [6.07, 6.45) is 3.08. The van der Waals surface area contributed by atoms with Crippen molar-refractivity contribution in [3.05, 3.63) is 53.7 Å². The number of hydrogen-bond donors (Lipinski definition) is 2. The normalized spacial score (nSPS) is 12.1. The van der Waals surface area contributed by atoms with Gasteiger partial charge in [0.05, 0.1) is 11.8 Å². The summed E-state index contributed by atoms with van der Waals surface area (Å²) in [5, 5.41) is 2.80. The molecular weight excluding hydrogens is 259 g/mol. The molecule has 106 valence electrons. The molecule has 0 radical (unpaired) electrons. The van der Waals surface area contributed by atoms with Crippen LogP contribution < -0.4 is 11.1 Å². The van der Waals surface area contributed by atoms with Crippen LogP contribution in [0.5, 0.6) is 0 Å². The predicted octanol–water partition coefficient (Wildman–Crippen LogP) is 2.75. The molecule has 1 aromatic heterocycles. The van der Waals surface area contributed by atoms with Gasteiger partial charge in [-0.2, -0.15) is 0 Å². The number of aryl methyl sites for hydroxylation is 1. The van der Waals surface area contributed by atoms with E-state index < -0.39 is 5.82 Å². The summed E-state index contributed by atoms with van der Waals surface area (Å²) >= 11 is 0. The number of amides is 1. The van der Waals surface area contributed by atoms with E-state index in [1.165, 1.54) is 12.1 Å². The summed E-state index contributed by atoms with van der Waals surface area (Å²) in [4.78, 5) is 12.0. The van der Waals surface area contributed by atoms with Gasteiger partial charge in [-0.3, -0.25) is 4.79 Å². The van der Waals surface area contributed by atoms with Crippen LogP contribution >= 0.6 is 0 Å². The Morgan fingerprint density at radius 3 is 2.95 bits per heavy atom. The first-order valence-corrected chi connectivity index (χ1v) is 6.44. The first-order valence-electron chi connectivity index (χ1n) is 6.44. The van der Waals surface area contributed by atoms with E-state index in [0.717, 1.165) is 24.7 Å². The molecule has 0 saturated heterocycles. The lowest BCUT2D eigenvalue weighted by Gasteiger charge is -2.14. The molecule has 0 aliphatic carbocycles.